The lowest BCUT2D eigenvalue weighted by atomic mass is 9.72. The number of hydrogen-bond donors (Lipinski definition) is 12. The summed E-state index contributed by atoms with van der Waals surface area (Å²) in [7, 11) is 1.37. The molecule has 6 aromatic carbocycles. The molecule has 16 heteroatoms. The molecule has 0 amide bonds. The van der Waals surface area contributed by atoms with Gasteiger partial charge in [-0.1, -0.05) is 24.3 Å². The molecule has 0 saturated heterocycles. The minimum Gasteiger partial charge on any atom is -0.508 e. The quantitative estimate of drug-likeness (QED) is 0.0943. The Hall–Kier alpha value is -7.40. The molecular weight excluding hydrogens is 808 g/mol. The molecule has 3 aliphatic rings. The molecule has 8 atom stereocenters. The van der Waals surface area contributed by atoms with E-state index in [1.807, 2.05) is 0 Å². The lowest BCUT2D eigenvalue weighted by Gasteiger charge is -2.46. The Morgan fingerprint density at radius 2 is 0.952 bits per heavy atom. The van der Waals surface area contributed by atoms with Gasteiger partial charge in [-0.05, 0) is 71.3 Å². The van der Waals surface area contributed by atoms with E-state index in [9.17, 15) is 61.3 Å². The van der Waals surface area contributed by atoms with Gasteiger partial charge in [0, 0.05) is 58.2 Å². The number of aliphatic hydroxyl groups is 3. The van der Waals surface area contributed by atoms with Gasteiger partial charge in [0.2, 0.25) is 0 Å². The highest BCUT2D eigenvalue weighted by atomic mass is 16.5. The number of aromatic hydroxyl groups is 9. The Bertz CT molecular complexity index is 2750. The molecule has 16 nitrogen and oxygen atoms in total. The number of aliphatic hydroxyl groups excluding tert-OH is 3. The van der Waals surface area contributed by atoms with Gasteiger partial charge in [0.05, 0.1) is 13.2 Å². The number of phenols is 9. The van der Waals surface area contributed by atoms with Crippen LogP contribution in [0.2, 0.25) is 0 Å². The van der Waals surface area contributed by atoms with Gasteiger partial charge in [-0.15, -0.1) is 0 Å². The van der Waals surface area contributed by atoms with E-state index in [4.69, 9.17) is 18.9 Å². The van der Waals surface area contributed by atoms with Crippen molar-refractivity contribution in [2.45, 2.75) is 54.9 Å². The van der Waals surface area contributed by atoms with E-state index in [1.165, 1.54) is 79.9 Å². The zero-order valence-corrected chi connectivity index (χ0v) is 32.5. The summed E-state index contributed by atoms with van der Waals surface area (Å²) in [6.07, 6.45) is -8.92. The maximum absolute atomic E-state index is 12.5. The molecular formula is C46H40O16. The number of benzene rings is 6. The van der Waals surface area contributed by atoms with E-state index >= 15 is 0 Å². The molecule has 0 spiro atoms. The van der Waals surface area contributed by atoms with Crippen LogP contribution in [-0.2, 0) is 6.42 Å². The average molecular weight is 849 g/mol. The van der Waals surface area contributed by atoms with Gasteiger partial charge < -0.3 is 80.2 Å². The van der Waals surface area contributed by atoms with Gasteiger partial charge in [-0.2, -0.15) is 0 Å². The molecule has 62 heavy (non-hydrogen) atoms. The van der Waals surface area contributed by atoms with Crippen LogP contribution in [0.4, 0.5) is 0 Å². The minimum absolute atomic E-state index is 0.00902. The van der Waals surface area contributed by atoms with Crippen LogP contribution in [0, 0.1) is 0 Å². The van der Waals surface area contributed by atoms with Crippen molar-refractivity contribution in [1.29, 1.82) is 0 Å². The van der Waals surface area contributed by atoms with Crippen LogP contribution in [0.1, 0.15) is 74.7 Å². The third-order valence-corrected chi connectivity index (χ3v) is 11.8. The Morgan fingerprint density at radius 1 is 0.452 bits per heavy atom. The Morgan fingerprint density at radius 3 is 1.55 bits per heavy atom. The number of phenolic OH excluding ortho intramolecular Hbond substituents is 9. The normalized spacial score (nSPS) is 23.7. The van der Waals surface area contributed by atoms with Crippen LogP contribution in [0.5, 0.6) is 74.7 Å². The summed E-state index contributed by atoms with van der Waals surface area (Å²) in [6.45, 7) is 0. The molecule has 9 rings (SSSR count). The SMILES string of the molecule is COc1ccc([C@H]2Oc3c(c4c(c5c3[C@@H](c3ccc(O)cc3O)[C@H](O)[C@@H](c3ccc(O)c(O)c3)O5)[C@H](c3ccc(O)c(O)c3)[C@@H](O)[C@H](c3ccc(O)cc3O)O4)C[C@@H]2O)cc1O. The zero-order valence-electron chi connectivity index (χ0n) is 32.5. The number of hydrogen-bond acceptors (Lipinski definition) is 16. The Kier molecular flexibility index (Phi) is 9.65. The highest BCUT2D eigenvalue weighted by Crippen LogP contribution is 2.63. The van der Waals surface area contributed by atoms with Gasteiger partial charge >= 0.3 is 0 Å². The second kappa shape index (κ2) is 14.9. The number of methoxy groups -OCH3 is 1. The molecule has 3 heterocycles. The summed E-state index contributed by atoms with van der Waals surface area (Å²) in [6, 6.07) is 19.5. The van der Waals surface area contributed by atoms with E-state index in [1.54, 1.807) is 6.07 Å². The van der Waals surface area contributed by atoms with Crippen molar-refractivity contribution in [1.82, 2.24) is 0 Å². The minimum atomic E-state index is -1.65. The number of rotatable bonds is 6. The zero-order chi connectivity index (χ0) is 43.9. The van der Waals surface area contributed by atoms with Crippen LogP contribution in [0.25, 0.3) is 0 Å². The largest absolute Gasteiger partial charge is 0.508 e. The van der Waals surface area contributed by atoms with Crippen molar-refractivity contribution in [2.75, 3.05) is 7.11 Å². The van der Waals surface area contributed by atoms with E-state index in [0.717, 1.165) is 12.1 Å². The molecule has 0 aliphatic carbocycles. The van der Waals surface area contributed by atoms with Crippen molar-refractivity contribution in [3.63, 3.8) is 0 Å². The molecule has 3 aliphatic heterocycles. The van der Waals surface area contributed by atoms with Gasteiger partial charge in [0.25, 0.3) is 0 Å². The fraction of sp³-hybridized carbons (Fsp3) is 0.217. The first-order valence-corrected chi connectivity index (χ1v) is 19.4. The summed E-state index contributed by atoms with van der Waals surface area (Å²) in [5.74, 6) is -6.34. The predicted molar refractivity (Wildman–Crippen MR) is 216 cm³/mol. The van der Waals surface area contributed by atoms with Gasteiger partial charge in [-0.3, -0.25) is 0 Å². The van der Waals surface area contributed by atoms with Crippen LogP contribution in [0.15, 0.2) is 91.0 Å². The molecule has 0 saturated carbocycles. The topological polar surface area (TPSA) is 280 Å². The van der Waals surface area contributed by atoms with Gasteiger partial charge in [0.15, 0.2) is 46.7 Å². The summed E-state index contributed by atoms with van der Waals surface area (Å²) in [5, 5.41) is 133. The summed E-state index contributed by atoms with van der Waals surface area (Å²) in [5.41, 5.74) is 1.11. The summed E-state index contributed by atoms with van der Waals surface area (Å²) in [4.78, 5) is 0. The third-order valence-electron chi connectivity index (χ3n) is 11.8. The summed E-state index contributed by atoms with van der Waals surface area (Å²) < 4.78 is 25.5. The van der Waals surface area contributed by atoms with E-state index in [2.05, 4.69) is 0 Å². The molecule has 6 aromatic rings. The van der Waals surface area contributed by atoms with Gasteiger partial charge in [0.1, 0.15) is 58.6 Å². The molecule has 0 bridgehead atoms. The maximum atomic E-state index is 12.5. The second-order valence-corrected chi connectivity index (χ2v) is 15.5. The van der Waals surface area contributed by atoms with Crippen molar-refractivity contribution in [3.05, 3.63) is 136 Å². The van der Waals surface area contributed by atoms with Crippen LogP contribution in [-0.4, -0.2) is 86.7 Å². The highest BCUT2D eigenvalue weighted by molar-refractivity contribution is 5.72. The van der Waals surface area contributed by atoms with E-state index < -0.39 is 83.0 Å². The fourth-order valence-electron chi connectivity index (χ4n) is 8.94. The molecule has 0 unspecified atom stereocenters. The Balaban J connectivity index is 1.38. The first-order chi connectivity index (χ1) is 29.6. The third kappa shape index (κ3) is 6.43. The predicted octanol–water partition coefficient (Wildman–Crippen LogP) is 5.34. The monoisotopic (exact) mass is 848 g/mol. The maximum Gasteiger partial charge on any atom is 0.160 e. The fourth-order valence-corrected chi connectivity index (χ4v) is 8.94. The highest BCUT2D eigenvalue weighted by Gasteiger charge is 2.52. The van der Waals surface area contributed by atoms with Crippen molar-refractivity contribution in [2.24, 2.45) is 0 Å². The summed E-state index contributed by atoms with van der Waals surface area (Å²) >= 11 is 0. The van der Waals surface area contributed by atoms with Crippen molar-refractivity contribution >= 4 is 0 Å². The lowest BCUT2D eigenvalue weighted by molar-refractivity contribution is -0.0173. The van der Waals surface area contributed by atoms with Crippen LogP contribution < -0.4 is 18.9 Å². The van der Waals surface area contributed by atoms with Crippen molar-refractivity contribution < 1.29 is 80.2 Å². The van der Waals surface area contributed by atoms with Crippen LogP contribution in [0.3, 0.4) is 0 Å². The Labute approximate surface area is 351 Å². The first kappa shape index (κ1) is 40.0. The standard InChI is InChI=1S/C46H40O16/c1-59-34-11-4-19(14-32(34)55)41-33(56)17-25-43-37(35(18-2-9-26(49)30(53)12-18)39(57)45(62-43)24-8-6-22(48)16-29(24)52)46-38(44(25)60-41)36(23-7-5-21(47)15-28(23)51)40(58)42(61-46)20-3-10-27(50)31(54)13-20/h2-16,33,35-36,39-42,45,47-58H,17H2,1H3/t33-,35-,36+,39+,40-,41+,42+,45-/m0/s1. The first-order valence-electron chi connectivity index (χ1n) is 19.4. The van der Waals surface area contributed by atoms with E-state index in [0.29, 0.717) is 5.56 Å². The average Bonchev–Trinajstić information content (AvgIpc) is 3.23. The smallest absolute Gasteiger partial charge is 0.160 e. The molecule has 12 N–H and O–H groups in total. The van der Waals surface area contributed by atoms with Crippen molar-refractivity contribution in [3.8, 4) is 74.7 Å². The van der Waals surface area contributed by atoms with Crippen LogP contribution >= 0.6 is 0 Å². The van der Waals surface area contributed by atoms with E-state index in [-0.39, 0.29) is 85.6 Å². The molecule has 0 fully saturated rings. The lowest BCUT2D eigenvalue weighted by Crippen LogP contribution is -2.41. The molecule has 0 radical (unpaired) electrons. The number of fused-ring (bicyclic) bond motifs is 6. The van der Waals surface area contributed by atoms with Gasteiger partial charge in [-0.25, -0.2) is 0 Å². The molecule has 0 aromatic heterocycles. The number of ether oxygens (including phenoxy) is 4. The molecule has 320 valence electrons. The second-order valence-electron chi connectivity index (χ2n) is 15.5.